The molecule has 0 saturated heterocycles. The standard InChI is InChI=1S/C21H26N2O3S/c1-26-19-12-10-17(11-13-19)21-20-9-5-2-6-16(20)14-15-23(21)27(24,25)22-18-7-3-4-8-18/h2,5-6,9-13,18,21-22H,3-4,7-8,14-15H2,1H3. The second kappa shape index (κ2) is 7.62. The van der Waals surface area contributed by atoms with E-state index in [1.54, 1.807) is 11.4 Å². The summed E-state index contributed by atoms with van der Waals surface area (Å²) in [5.41, 5.74) is 3.23. The van der Waals surface area contributed by atoms with Gasteiger partial charge >= 0.3 is 0 Å². The van der Waals surface area contributed by atoms with Gasteiger partial charge in [-0.3, -0.25) is 0 Å². The second-order valence-corrected chi connectivity index (χ2v) is 8.99. The van der Waals surface area contributed by atoms with Crippen LogP contribution in [-0.4, -0.2) is 32.4 Å². The Morgan fingerprint density at radius 3 is 2.44 bits per heavy atom. The summed E-state index contributed by atoms with van der Waals surface area (Å²) in [4.78, 5) is 0. The van der Waals surface area contributed by atoms with Gasteiger partial charge in [-0.25, -0.2) is 0 Å². The highest BCUT2D eigenvalue weighted by Crippen LogP contribution is 2.37. The van der Waals surface area contributed by atoms with Gasteiger partial charge in [0, 0.05) is 12.6 Å². The average molecular weight is 387 g/mol. The zero-order chi connectivity index (χ0) is 18.9. The van der Waals surface area contributed by atoms with Crippen molar-refractivity contribution in [2.75, 3.05) is 13.7 Å². The number of ether oxygens (including phenoxy) is 1. The molecule has 1 aliphatic carbocycles. The molecule has 1 saturated carbocycles. The Hall–Kier alpha value is -1.89. The highest BCUT2D eigenvalue weighted by molar-refractivity contribution is 7.87. The number of rotatable bonds is 5. The molecule has 1 N–H and O–H groups in total. The zero-order valence-corrected chi connectivity index (χ0v) is 16.4. The largest absolute Gasteiger partial charge is 0.497 e. The minimum absolute atomic E-state index is 0.0590. The maximum absolute atomic E-state index is 13.2. The van der Waals surface area contributed by atoms with E-state index in [1.165, 1.54) is 5.56 Å². The molecule has 0 amide bonds. The Balaban J connectivity index is 1.72. The van der Waals surface area contributed by atoms with Gasteiger partial charge in [0.1, 0.15) is 5.75 Å². The van der Waals surface area contributed by atoms with Gasteiger partial charge in [0.2, 0.25) is 0 Å². The van der Waals surface area contributed by atoms with Crippen molar-refractivity contribution < 1.29 is 13.2 Å². The Labute approximate surface area is 161 Å². The van der Waals surface area contributed by atoms with E-state index in [4.69, 9.17) is 4.74 Å². The first-order valence-corrected chi connectivity index (χ1v) is 11.0. The molecule has 4 rings (SSSR count). The van der Waals surface area contributed by atoms with Crippen LogP contribution in [0.2, 0.25) is 0 Å². The van der Waals surface area contributed by atoms with E-state index in [9.17, 15) is 8.42 Å². The third kappa shape index (κ3) is 3.74. The molecule has 0 radical (unpaired) electrons. The lowest BCUT2D eigenvalue weighted by Crippen LogP contribution is -2.48. The summed E-state index contributed by atoms with van der Waals surface area (Å²) in [6, 6.07) is 15.6. The lowest BCUT2D eigenvalue weighted by Gasteiger charge is -2.37. The zero-order valence-electron chi connectivity index (χ0n) is 15.6. The maximum Gasteiger partial charge on any atom is 0.280 e. The van der Waals surface area contributed by atoms with Crippen molar-refractivity contribution in [3.8, 4) is 5.75 Å². The molecule has 1 heterocycles. The molecule has 0 spiro atoms. The molecular weight excluding hydrogens is 360 g/mol. The number of nitrogens with zero attached hydrogens (tertiary/aromatic N) is 1. The Morgan fingerprint density at radius 1 is 1.04 bits per heavy atom. The van der Waals surface area contributed by atoms with Crippen LogP contribution in [0.25, 0.3) is 0 Å². The van der Waals surface area contributed by atoms with Gasteiger partial charge in [-0.05, 0) is 48.1 Å². The van der Waals surface area contributed by atoms with Gasteiger partial charge in [0.25, 0.3) is 10.2 Å². The van der Waals surface area contributed by atoms with E-state index < -0.39 is 10.2 Å². The second-order valence-electron chi connectivity index (χ2n) is 7.34. The van der Waals surface area contributed by atoms with Crippen LogP contribution in [0.4, 0.5) is 0 Å². The lowest BCUT2D eigenvalue weighted by atomic mass is 9.90. The van der Waals surface area contributed by atoms with E-state index >= 15 is 0 Å². The summed E-state index contributed by atoms with van der Waals surface area (Å²) in [6.45, 7) is 0.482. The third-order valence-corrected chi connectivity index (χ3v) is 7.29. The number of hydrogen-bond donors (Lipinski definition) is 1. The van der Waals surface area contributed by atoms with Crippen molar-refractivity contribution in [1.82, 2.24) is 9.03 Å². The fourth-order valence-electron chi connectivity index (χ4n) is 4.26. The summed E-state index contributed by atoms with van der Waals surface area (Å²) >= 11 is 0. The molecule has 6 heteroatoms. The normalized spacial score (nSPS) is 21.1. The van der Waals surface area contributed by atoms with Crippen molar-refractivity contribution in [1.29, 1.82) is 0 Å². The molecule has 1 fully saturated rings. The van der Waals surface area contributed by atoms with E-state index in [0.717, 1.165) is 49.0 Å². The van der Waals surface area contributed by atoms with Crippen LogP contribution in [0, 0.1) is 0 Å². The molecule has 2 aliphatic rings. The molecule has 5 nitrogen and oxygen atoms in total. The molecule has 1 unspecified atom stereocenters. The first-order valence-electron chi connectivity index (χ1n) is 9.59. The smallest absolute Gasteiger partial charge is 0.280 e. The average Bonchev–Trinajstić information content (AvgIpc) is 3.19. The quantitative estimate of drug-likeness (QED) is 0.857. The van der Waals surface area contributed by atoms with Gasteiger partial charge in [0.05, 0.1) is 13.2 Å². The van der Waals surface area contributed by atoms with Crippen LogP contribution >= 0.6 is 0 Å². The topological polar surface area (TPSA) is 58.6 Å². The number of nitrogens with one attached hydrogen (secondary N) is 1. The van der Waals surface area contributed by atoms with E-state index in [0.29, 0.717) is 6.54 Å². The van der Waals surface area contributed by atoms with E-state index in [2.05, 4.69) is 10.8 Å². The summed E-state index contributed by atoms with van der Waals surface area (Å²) in [7, 11) is -1.94. The molecule has 0 bridgehead atoms. The predicted molar refractivity (Wildman–Crippen MR) is 106 cm³/mol. The van der Waals surface area contributed by atoms with Gasteiger partial charge < -0.3 is 4.74 Å². The Morgan fingerprint density at radius 2 is 1.74 bits per heavy atom. The minimum Gasteiger partial charge on any atom is -0.497 e. The molecular formula is C21H26N2O3S. The molecule has 0 aromatic heterocycles. The molecule has 1 atom stereocenters. The van der Waals surface area contributed by atoms with E-state index in [-0.39, 0.29) is 12.1 Å². The van der Waals surface area contributed by atoms with Gasteiger partial charge in [-0.2, -0.15) is 17.4 Å². The third-order valence-electron chi connectivity index (χ3n) is 5.65. The molecule has 2 aromatic carbocycles. The van der Waals surface area contributed by atoms with Crippen molar-refractivity contribution in [3.05, 3.63) is 65.2 Å². The fraction of sp³-hybridized carbons (Fsp3) is 0.429. The van der Waals surface area contributed by atoms with Gasteiger partial charge in [0.15, 0.2) is 0 Å². The monoisotopic (exact) mass is 386 g/mol. The molecule has 2 aromatic rings. The summed E-state index contributed by atoms with van der Waals surface area (Å²) in [5, 5.41) is 0. The van der Waals surface area contributed by atoms with Crippen LogP contribution in [0.3, 0.4) is 0 Å². The Bertz CT molecular complexity index is 890. The van der Waals surface area contributed by atoms with Gasteiger partial charge in [-0.1, -0.05) is 49.2 Å². The van der Waals surface area contributed by atoms with Crippen LogP contribution in [0.15, 0.2) is 48.5 Å². The maximum atomic E-state index is 13.2. The van der Waals surface area contributed by atoms with Crippen LogP contribution in [-0.2, 0) is 16.6 Å². The molecule has 27 heavy (non-hydrogen) atoms. The lowest BCUT2D eigenvalue weighted by molar-refractivity contribution is 0.334. The van der Waals surface area contributed by atoms with Crippen molar-refractivity contribution in [2.24, 2.45) is 0 Å². The highest BCUT2D eigenvalue weighted by Gasteiger charge is 2.37. The van der Waals surface area contributed by atoms with Crippen LogP contribution < -0.4 is 9.46 Å². The van der Waals surface area contributed by atoms with Crippen molar-refractivity contribution >= 4 is 10.2 Å². The summed E-state index contributed by atoms with van der Waals surface area (Å²) < 4.78 is 36.3. The molecule has 1 aliphatic heterocycles. The predicted octanol–water partition coefficient (Wildman–Crippen LogP) is 3.42. The van der Waals surface area contributed by atoms with Crippen LogP contribution in [0.1, 0.15) is 48.4 Å². The number of hydrogen-bond acceptors (Lipinski definition) is 3. The van der Waals surface area contributed by atoms with E-state index in [1.807, 2.05) is 42.5 Å². The Kier molecular flexibility index (Phi) is 5.21. The van der Waals surface area contributed by atoms with Crippen LogP contribution in [0.5, 0.6) is 5.75 Å². The van der Waals surface area contributed by atoms with Gasteiger partial charge in [-0.15, -0.1) is 0 Å². The molecule has 144 valence electrons. The summed E-state index contributed by atoms with van der Waals surface area (Å²) in [5.74, 6) is 0.765. The van der Waals surface area contributed by atoms with Crippen molar-refractivity contribution in [2.45, 2.75) is 44.2 Å². The first-order chi connectivity index (χ1) is 13.1. The summed E-state index contributed by atoms with van der Waals surface area (Å²) in [6.07, 6.45) is 4.78. The minimum atomic E-state index is -3.57. The van der Waals surface area contributed by atoms with Crippen molar-refractivity contribution in [3.63, 3.8) is 0 Å². The first kappa shape index (κ1) is 18.5. The highest BCUT2D eigenvalue weighted by atomic mass is 32.2. The SMILES string of the molecule is COc1ccc(C2c3ccccc3CCN2S(=O)(=O)NC2CCCC2)cc1. The number of fused-ring (bicyclic) bond motifs is 1. The number of benzene rings is 2. The fourth-order valence-corrected chi connectivity index (χ4v) is 5.89. The number of methoxy groups -OCH3 is 1.